The highest BCUT2D eigenvalue weighted by atomic mass is 32.1. The first-order valence-corrected chi connectivity index (χ1v) is 8.50. The molecule has 0 unspecified atom stereocenters. The normalized spacial score (nSPS) is 10.7. The molecule has 0 N–H and O–H groups in total. The summed E-state index contributed by atoms with van der Waals surface area (Å²) in [5.74, 6) is 0.0581. The lowest BCUT2D eigenvalue weighted by molar-refractivity contribution is 0.0745. The van der Waals surface area contributed by atoms with Gasteiger partial charge in [0.05, 0.1) is 12.5 Å². The Labute approximate surface area is 140 Å². The minimum absolute atomic E-state index is 0.0581. The van der Waals surface area contributed by atoms with Crippen LogP contribution in [0.25, 0.3) is 0 Å². The van der Waals surface area contributed by atoms with Gasteiger partial charge in [-0.25, -0.2) is 0 Å². The van der Waals surface area contributed by atoms with E-state index in [2.05, 4.69) is 11.4 Å². The Hall–Kier alpha value is -2.33. The minimum atomic E-state index is 0.0581. The number of carbonyl (C=O) groups is 1. The molecule has 0 saturated heterocycles. The van der Waals surface area contributed by atoms with Crippen molar-refractivity contribution in [2.75, 3.05) is 6.54 Å². The topological polar surface area (TPSA) is 33.5 Å². The zero-order valence-electron chi connectivity index (χ0n) is 13.1. The fourth-order valence-electron chi connectivity index (χ4n) is 2.43. The third-order valence-electron chi connectivity index (χ3n) is 3.75. The average Bonchev–Trinajstić information content (AvgIpc) is 3.25. The second kappa shape index (κ2) is 7.29. The van der Waals surface area contributed by atoms with Gasteiger partial charge < -0.3 is 9.32 Å². The van der Waals surface area contributed by atoms with Gasteiger partial charge in [-0.15, -0.1) is 11.3 Å². The average molecular weight is 325 g/mol. The van der Waals surface area contributed by atoms with Gasteiger partial charge in [0.25, 0.3) is 5.91 Å². The van der Waals surface area contributed by atoms with Crippen LogP contribution in [0.15, 0.2) is 64.8 Å². The van der Waals surface area contributed by atoms with Crippen LogP contribution in [0.2, 0.25) is 0 Å². The van der Waals surface area contributed by atoms with Crippen molar-refractivity contribution >= 4 is 17.2 Å². The molecule has 1 amide bonds. The monoisotopic (exact) mass is 325 g/mol. The van der Waals surface area contributed by atoms with Crippen molar-refractivity contribution in [3.05, 3.63) is 81.9 Å². The molecule has 3 rings (SSSR count). The van der Waals surface area contributed by atoms with Crippen molar-refractivity contribution in [1.29, 1.82) is 0 Å². The molecule has 0 fully saturated rings. The van der Waals surface area contributed by atoms with Crippen LogP contribution in [0.1, 0.15) is 26.4 Å². The summed E-state index contributed by atoms with van der Waals surface area (Å²) in [7, 11) is 0. The predicted octanol–water partition coefficient (Wildman–Crippen LogP) is 4.53. The van der Waals surface area contributed by atoms with Crippen LogP contribution in [-0.2, 0) is 13.0 Å². The molecule has 3 nitrogen and oxygen atoms in total. The number of furan rings is 1. The highest BCUT2D eigenvalue weighted by molar-refractivity contribution is 7.09. The molecule has 1 aromatic carbocycles. The Balaban J connectivity index is 1.75. The molecule has 0 spiro atoms. The fourth-order valence-corrected chi connectivity index (χ4v) is 3.13. The van der Waals surface area contributed by atoms with E-state index in [9.17, 15) is 4.79 Å². The summed E-state index contributed by atoms with van der Waals surface area (Å²) < 4.78 is 5.13. The van der Waals surface area contributed by atoms with E-state index >= 15 is 0 Å². The van der Waals surface area contributed by atoms with Crippen LogP contribution in [0.4, 0.5) is 0 Å². The first kappa shape index (κ1) is 15.6. The molecular formula is C19H19NO2S. The maximum atomic E-state index is 12.8. The maximum Gasteiger partial charge on any atom is 0.254 e. The summed E-state index contributed by atoms with van der Waals surface area (Å²) in [4.78, 5) is 16.0. The number of thiophene rings is 1. The molecule has 118 valence electrons. The van der Waals surface area contributed by atoms with Crippen molar-refractivity contribution in [3.8, 4) is 0 Å². The van der Waals surface area contributed by atoms with Gasteiger partial charge in [0.15, 0.2) is 0 Å². The lowest BCUT2D eigenvalue weighted by Crippen LogP contribution is -2.32. The molecule has 0 atom stereocenters. The second-order valence-electron chi connectivity index (χ2n) is 5.55. The molecule has 4 heteroatoms. The van der Waals surface area contributed by atoms with E-state index in [0.717, 1.165) is 23.1 Å². The van der Waals surface area contributed by atoms with Gasteiger partial charge in [0, 0.05) is 29.1 Å². The van der Waals surface area contributed by atoms with E-state index in [1.807, 2.05) is 48.2 Å². The third-order valence-corrected chi connectivity index (χ3v) is 4.68. The number of rotatable bonds is 6. The SMILES string of the molecule is Cc1ccc(C(=O)N(CCc2cccs2)Cc2ccoc2)cc1. The van der Waals surface area contributed by atoms with E-state index in [0.29, 0.717) is 13.1 Å². The molecule has 0 aliphatic carbocycles. The lowest BCUT2D eigenvalue weighted by atomic mass is 10.1. The molecule has 23 heavy (non-hydrogen) atoms. The molecular weight excluding hydrogens is 306 g/mol. The van der Waals surface area contributed by atoms with Crippen LogP contribution in [0.3, 0.4) is 0 Å². The number of benzene rings is 1. The summed E-state index contributed by atoms with van der Waals surface area (Å²) in [6.07, 6.45) is 4.21. The summed E-state index contributed by atoms with van der Waals surface area (Å²) in [5.41, 5.74) is 2.89. The number of carbonyl (C=O) groups excluding carboxylic acids is 1. The van der Waals surface area contributed by atoms with Crippen molar-refractivity contribution in [3.63, 3.8) is 0 Å². The summed E-state index contributed by atoms with van der Waals surface area (Å²) in [6, 6.07) is 13.8. The molecule has 2 aromatic heterocycles. The summed E-state index contributed by atoms with van der Waals surface area (Å²) in [5, 5.41) is 2.07. The molecule has 0 radical (unpaired) electrons. The van der Waals surface area contributed by atoms with Gasteiger partial charge >= 0.3 is 0 Å². The van der Waals surface area contributed by atoms with Crippen LogP contribution in [-0.4, -0.2) is 17.4 Å². The number of nitrogens with zero attached hydrogens (tertiary/aromatic N) is 1. The number of amides is 1. The van der Waals surface area contributed by atoms with Gasteiger partial charge in [0.2, 0.25) is 0 Å². The molecule has 0 aliphatic heterocycles. The summed E-state index contributed by atoms with van der Waals surface area (Å²) in [6.45, 7) is 3.28. The van der Waals surface area contributed by atoms with Crippen LogP contribution >= 0.6 is 11.3 Å². The van der Waals surface area contributed by atoms with Gasteiger partial charge in [-0.3, -0.25) is 4.79 Å². The lowest BCUT2D eigenvalue weighted by Gasteiger charge is -2.22. The van der Waals surface area contributed by atoms with Gasteiger partial charge in [-0.1, -0.05) is 23.8 Å². The Morgan fingerprint density at radius 1 is 1.17 bits per heavy atom. The highest BCUT2D eigenvalue weighted by Gasteiger charge is 2.16. The molecule has 2 heterocycles. The van der Waals surface area contributed by atoms with Crippen LogP contribution < -0.4 is 0 Å². The quantitative estimate of drug-likeness (QED) is 0.667. The minimum Gasteiger partial charge on any atom is -0.472 e. The molecule has 0 aliphatic rings. The first-order chi connectivity index (χ1) is 11.2. The van der Waals surface area contributed by atoms with E-state index in [-0.39, 0.29) is 5.91 Å². The Morgan fingerprint density at radius 3 is 2.65 bits per heavy atom. The molecule has 0 saturated carbocycles. The predicted molar refractivity (Wildman–Crippen MR) is 92.7 cm³/mol. The summed E-state index contributed by atoms with van der Waals surface area (Å²) >= 11 is 1.73. The maximum absolute atomic E-state index is 12.8. The zero-order valence-corrected chi connectivity index (χ0v) is 13.9. The van der Waals surface area contributed by atoms with Gasteiger partial charge in [0.1, 0.15) is 0 Å². The number of hydrogen-bond donors (Lipinski definition) is 0. The van der Waals surface area contributed by atoms with Gasteiger partial charge in [-0.2, -0.15) is 0 Å². The standard InChI is InChI=1S/C19H19NO2S/c1-15-4-6-17(7-5-15)19(21)20(13-16-9-11-22-14-16)10-8-18-3-2-12-23-18/h2-7,9,11-12,14H,8,10,13H2,1H3. The number of hydrogen-bond acceptors (Lipinski definition) is 3. The van der Waals surface area contributed by atoms with Crippen LogP contribution in [0.5, 0.6) is 0 Å². The fraction of sp³-hybridized carbons (Fsp3) is 0.211. The van der Waals surface area contributed by atoms with Crippen molar-refractivity contribution in [1.82, 2.24) is 4.90 Å². The molecule has 3 aromatic rings. The molecule has 0 bridgehead atoms. The second-order valence-corrected chi connectivity index (χ2v) is 6.59. The van der Waals surface area contributed by atoms with E-state index in [1.54, 1.807) is 23.9 Å². The van der Waals surface area contributed by atoms with E-state index < -0.39 is 0 Å². The largest absolute Gasteiger partial charge is 0.472 e. The Bertz CT molecular complexity index is 730. The number of aryl methyl sites for hydroxylation is 1. The van der Waals surface area contributed by atoms with E-state index in [4.69, 9.17) is 4.42 Å². The zero-order chi connectivity index (χ0) is 16.1. The van der Waals surface area contributed by atoms with E-state index in [1.165, 1.54) is 4.88 Å². The van der Waals surface area contributed by atoms with Crippen molar-refractivity contribution < 1.29 is 9.21 Å². The smallest absolute Gasteiger partial charge is 0.254 e. The van der Waals surface area contributed by atoms with Crippen LogP contribution in [0, 0.1) is 6.92 Å². The van der Waals surface area contributed by atoms with Crippen molar-refractivity contribution in [2.45, 2.75) is 19.9 Å². The third kappa shape index (κ3) is 4.11. The van der Waals surface area contributed by atoms with Crippen molar-refractivity contribution in [2.24, 2.45) is 0 Å². The van der Waals surface area contributed by atoms with Gasteiger partial charge in [-0.05, 0) is 43.0 Å². The Morgan fingerprint density at radius 2 is 2.00 bits per heavy atom. The first-order valence-electron chi connectivity index (χ1n) is 7.62. The highest BCUT2D eigenvalue weighted by Crippen LogP contribution is 2.15. The Kier molecular flexibility index (Phi) is 4.93.